The number of anilines is 1. The third-order valence-electron chi connectivity index (χ3n) is 5.30. The van der Waals surface area contributed by atoms with Crippen LogP contribution in [0.3, 0.4) is 0 Å². The number of aryl methyl sites for hydroxylation is 3. The van der Waals surface area contributed by atoms with Crippen LogP contribution in [-0.4, -0.2) is 33.7 Å². The summed E-state index contributed by atoms with van der Waals surface area (Å²) in [6, 6.07) is 19.0. The maximum Gasteiger partial charge on any atom is 0.264 e. The molecule has 1 amide bonds. The monoisotopic (exact) mass is 491 g/mol. The van der Waals surface area contributed by atoms with Crippen molar-refractivity contribution < 1.29 is 17.9 Å². The number of hydrogen-bond acceptors (Lipinski definition) is 5. The zero-order valence-corrected chi connectivity index (χ0v) is 20.9. The highest BCUT2D eigenvalue weighted by atomic mass is 32.2. The Labute approximate surface area is 206 Å². The van der Waals surface area contributed by atoms with Crippen LogP contribution in [-0.2, 0) is 14.8 Å². The fourth-order valence-corrected chi connectivity index (χ4v) is 4.63. The van der Waals surface area contributed by atoms with Crippen molar-refractivity contribution in [1.82, 2.24) is 5.43 Å². The second-order valence-corrected chi connectivity index (χ2v) is 9.92. The van der Waals surface area contributed by atoms with Crippen molar-refractivity contribution in [2.45, 2.75) is 25.7 Å². The number of nitrogens with one attached hydrogen (secondary N) is 1. The van der Waals surface area contributed by atoms with Crippen LogP contribution in [0.2, 0.25) is 0 Å². The van der Waals surface area contributed by atoms with Crippen molar-refractivity contribution in [2.24, 2.45) is 5.10 Å². The van der Waals surface area contributed by atoms with Crippen LogP contribution in [0.5, 0.6) is 5.75 Å². The number of hydrogen-bond donors (Lipinski definition) is 1. The van der Waals surface area contributed by atoms with Crippen molar-refractivity contribution >= 4 is 27.8 Å². The molecule has 0 aliphatic carbocycles. The van der Waals surface area contributed by atoms with Crippen molar-refractivity contribution in [1.29, 1.82) is 0 Å². The van der Waals surface area contributed by atoms with Gasteiger partial charge in [0.15, 0.2) is 0 Å². The summed E-state index contributed by atoms with van der Waals surface area (Å²) in [5.41, 5.74) is 6.42. The molecule has 0 fully saturated rings. The molecule has 35 heavy (non-hydrogen) atoms. The molecule has 0 aliphatic rings. The Bertz CT molecular complexity index is 1330. The molecule has 0 spiro atoms. The molecular formula is C27H29N3O4S. The minimum Gasteiger partial charge on any atom is -0.490 e. The van der Waals surface area contributed by atoms with E-state index in [1.807, 2.05) is 26.8 Å². The Balaban J connectivity index is 1.81. The smallest absolute Gasteiger partial charge is 0.264 e. The van der Waals surface area contributed by atoms with Crippen molar-refractivity contribution in [3.8, 4) is 5.75 Å². The highest BCUT2D eigenvalue weighted by Gasteiger charge is 2.27. The van der Waals surface area contributed by atoms with Crippen LogP contribution in [0.1, 0.15) is 22.3 Å². The molecular weight excluding hydrogens is 462 g/mol. The number of sulfonamides is 1. The molecule has 0 aliphatic heterocycles. The van der Waals surface area contributed by atoms with Gasteiger partial charge < -0.3 is 4.74 Å². The van der Waals surface area contributed by atoms with E-state index in [1.54, 1.807) is 54.6 Å². The normalized spacial score (nSPS) is 11.3. The Hall–Kier alpha value is -3.91. The summed E-state index contributed by atoms with van der Waals surface area (Å²) < 4.78 is 33.5. The SMILES string of the molecule is C=CCOc1cccc(/C=N/NC(=O)CN(c2ccc(C)c(C)c2)S(=O)(=O)c2ccc(C)cc2)c1. The fourth-order valence-electron chi connectivity index (χ4n) is 3.22. The second-order valence-electron chi connectivity index (χ2n) is 8.06. The molecule has 0 atom stereocenters. The van der Waals surface area contributed by atoms with Gasteiger partial charge in [0.05, 0.1) is 16.8 Å². The van der Waals surface area contributed by atoms with Gasteiger partial charge in [-0.3, -0.25) is 9.10 Å². The molecule has 182 valence electrons. The van der Waals surface area contributed by atoms with Gasteiger partial charge in [0.25, 0.3) is 15.9 Å². The van der Waals surface area contributed by atoms with Crippen molar-refractivity contribution in [3.63, 3.8) is 0 Å². The van der Waals surface area contributed by atoms with Gasteiger partial charge in [-0.1, -0.05) is 48.6 Å². The first kappa shape index (κ1) is 25.7. The fraction of sp³-hybridized carbons (Fsp3) is 0.185. The molecule has 0 radical (unpaired) electrons. The Morgan fingerprint density at radius 2 is 1.77 bits per heavy atom. The molecule has 0 unspecified atom stereocenters. The molecule has 0 saturated heterocycles. The third kappa shape index (κ3) is 6.80. The maximum absolute atomic E-state index is 13.5. The molecule has 3 aromatic carbocycles. The van der Waals surface area contributed by atoms with Gasteiger partial charge in [-0.25, -0.2) is 13.8 Å². The number of nitrogens with zero attached hydrogens (tertiary/aromatic N) is 2. The molecule has 0 bridgehead atoms. The number of rotatable bonds is 10. The molecule has 7 nitrogen and oxygen atoms in total. The van der Waals surface area contributed by atoms with E-state index in [-0.39, 0.29) is 4.90 Å². The van der Waals surface area contributed by atoms with E-state index in [1.165, 1.54) is 18.3 Å². The van der Waals surface area contributed by atoms with Crippen LogP contribution < -0.4 is 14.5 Å². The highest BCUT2D eigenvalue weighted by molar-refractivity contribution is 7.92. The topological polar surface area (TPSA) is 88.1 Å². The van der Waals surface area contributed by atoms with Crippen LogP contribution in [0.25, 0.3) is 0 Å². The van der Waals surface area contributed by atoms with Crippen molar-refractivity contribution in [3.05, 3.63) is 102 Å². The Morgan fingerprint density at radius 3 is 2.46 bits per heavy atom. The first-order valence-electron chi connectivity index (χ1n) is 11.0. The summed E-state index contributed by atoms with van der Waals surface area (Å²) in [4.78, 5) is 12.8. The van der Waals surface area contributed by atoms with Crippen molar-refractivity contribution in [2.75, 3.05) is 17.5 Å². The number of ether oxygens (including phenoxy) is 1. The van der Waals surface area contributed by atoms with Gasteiger partial charge in [0.1, 0.15) is 18.9 Å². The van der Waals surface area contributed by atoms with E-state index >= 15 is 0 Å². The highest BCUT2D eigenvalue weighted by Crippen LogP contribution is 2.26. The first-order valence-corrected chi connectivity index (χ1v) is 12.5. The van der Waals surface area contributed by atoms with Gasteiger partial charge >= 0.3 is 0 Å². The van der Waals surface area contributed by atoms with Crippen LogP contribution in [0.4, 0.5) is 5.69 Å². The summed E-state index contributed by atoms with van der Waals surface area (Å²) in [7, 11) is -3.99. The van der Waals surface area contributed by atoms with Crippen LogP contribution in [0, 0.1) is 20.8 Å². The van der Waals surface area contributed by atoms with E-state index in [9.17, 15) is 13.2 Å². The van der Waals surface area contributed by atoms with Crippen LogP contribution in [0.15, 0.2) is 89.4 Å². The summed E-state index contributed by atoms with van der Waals surface area (Å²) in [6.45, 7) is 9.28. The zero-order chi connectivity index (χ0) is 25.4. The predicted octanol–water partition coefficient (Wildman–Crippen LogP) is 4.52. The van der Waals surface area contributed by atoms with Gasteiger partial charge in [-0.15, -0.1) is 0 Å². The largest absolute Gasteiger partial charge is 0.490 e. The molecule has 0 aromatic heterocycles. The molecule has 8 heteroatoms. The van der Waals surface area contributed by atoms with Crippen LogP contribution >= 0.6 is 0 Å². The molecule has 3 aromatic rings. The minimum atomic E-state index is -3.99. The summed E-state index contributed by atoms with van der Waals surface area (Å²) in [5.74, 6) is 0.0690. The Morgan fingerprint density at radius 1 is 1.03 bits per heavy atom. The van der Waals surface area contributed by atoms with E-state index in [0.717, 1.165) is 21.0 Å². The molecule has 1 N–H and O–H groups in total. The van der Waals surface area contributed by atoms with Gasteiger partial charge in [0, 0.05) is 0 Å². The third-order valence-corrected chi connectivity index (χ3v) is 7.09. The molecule has 3 rings (SSSR count). The first-order chi connectivity index (χ1) is 16.7. The Kier molecular flexibility index (Phi) is 8.43. The summed E-state index contributed by atoms with van der Waals surface area (Å²) in [6.07, 6.45) is 3.11. The van der Waals surface area contributed by atoms with E-state index in [2.05, 4.69) is 17.1 Å². The van der Waals surface area contributed by atoms with Gasteiger partial charge in [-0.05, 0) is 73.9 Å². The summed E-state index contributed by atoms with van der Waals surface area (Å²) >= 11 is 0. The average Bonchev–Trinajstić information content (AvgIpc) is 2.83. The number of carbonyl (C=O) groups excluding carboxylic acids is 1. The average molecular weight is 492 g/mol. The number of carbonyl (C=O) groups is 1. The quantitative estimate of drug-likeness (QED) is 0.257. The lowest BCUT2D eigenvalue weighted by Gasteiger charge is -2.24. The lowest BCUT2D eigenvalue weighted by Crippen LogP contribution is -2.39. The molecule has 0 saturated carbocycles. The lowest BCUT2D eigenvalue weighted by atomic mass is 10.1. The van der Waals surface area contributed by atoms with E-state index in [0.29, 0.717) is 23.6 Å². The minimum absolute atomic E-state index is 0.106. The second kappa shape index (κ2) is 11.5. The lowest BCUT2D eigenvalue weighted by molar-refractivity contribution is -0.119. The maximum atomic E-state index is 13.5. The standard InChI is InChI=1S/C27H29N3O4S/c1-5-15-34-25-8-6-7-23(17-25)18-28-29-27(31)19-30(24-12-11-21(3)22(4)16-24)35(32,33)26-13-9-20(2)10-14-26/h5-14,16-18H,1,15,19H2,2-4H3,(H,29,31)/b28-18+. The molecule has 0 heterocycles. The van der Waals surface area contributed by atoms with Gasteiger partial charge in [0.2, 0.25) is 0 Å². The van der Waals surface area contributed by atoms with E-state index < -0.39 is 22.5 Å². The predicted molar refractivity (Wildman–Crippen MR) is 139 cm³/mol. The van der Waals surface area contributed by atoms with Gasteiger partial charge in [-0.2, -0.15) is 5.10 Å². The van der Waals surface area contributed by atoms with E-state index in [4.69, 9.17) is 4.74 Å². The number of benzene rings is 3. The zero-order valence-electron chi connectivity index (χ0n) is 20.1. The summed E-state index contributed by atoms with van der Waals surface area (Å²) in [5, 5.41) is 3.99. The number of amides is 1. The number of hydrazone groups is 1.